The number of aryl methyl sites for hydroxylation is 2. The van der Waals surface area contributed by atoms with Gasteiger partial charge in [-0.2, -0.15) is 0 Å². The van der Waals surface area contributed by atoms with Gasteiger partial charge in [0.15, 0.2) is 5.96 Å². The molecule has 5 rings (SSSR count). The molecule has 2 aliphatic heterocycles. The van der Waals surface area contributed by atoms with Crippen LogP contribution in [0.2, 0.25) is 0 Å². The summed E-state index contributed by atoms with van der Waals surface area (Å²) in [6.45, 7) is 8.01. The van der Waals surface area contributed by atoms with Crippen LogP contribution in [0.3, 0.4) is 0 Å². The number of anilines is 1. The SMILES string of the molecule is CCNC(=NCC1CCc2nnc(C)n2C1)N1CC2(CCCC2)c2ccccc21.I. The Hall–Kier alpha value is -1.64. The lowest BCUT2D eigenvalue weighted by molar-refractivity contribution is 0.369. The van der Waals surface area contributed by atoms with E-state index in [1.807, 2.05) is 0 Å². The molecule has 6 nitrogen and oxygen atoms in total. The van der Waals surface area contributed by atoms with E-state index in [0.717, 1.165) is 56.6 Å². The molecule has 1 atom stereocenters. The van der Waals surface area contributed by atoms with Crippen LogP contribution in [0.4, 0.5) is 5.69 Å². The molecule has 3 aliphatic rings. The van der Waals surface area contributed by atoms with E-state index >= 15 is 0 Å². The molecule has 1 N–H and O–H groups in total. The first-order valence-corrected chi connectivity index (χ1v) is 11.2. The molecule has 0 saturated heterocycles. The van der Waals surface area contributed by atoms with Gasteiger partial charge in [-0.25, -0.2) is 0 Å². The number of aromatic nitrogens is 3. The highest BCUT2D eigenvalue weighted by atomic mass is 127. The average Bonchev–Trinajstić information content (AvgIpc) is 3.45. The van der Waals surface area contributed by atoms with Gasteiger partial charge in [0.2, 0.25) is 0 Å². The molecule has 7 heteroatoms. The Kier molecular flexibility index (Phi) is 6.36. The Bertz CT molecular complexity index is 914. The summed E-state index contributed by atoms with van der Waals surface area (Å²) in [5.41, 5.74) is 3.21. The summed E-state index contributed by atoms with van der Waals surface area (Å²) in [6, 6.07) is 9.00. The van der Waals surface area contributed by atoms with E-state index < -0.39 is 0 Å². The third-order valence-electron chi connectivity index (χ3n) is 7.11. The minimum Gasteiger partial charge on any atom is -0.356 e. The molecule has 3 heterocycles. The lowest BCUT2D eigenvalue weighted by atomic mass is 9.81. The summed E-state index contributed by atoms with van der Waals surface area (Å²) in [4.78, 5) is 7.60. The number of nitrogens with one attached hydrogen (secondary N) is 1. The van der Waals surface area contributed by atoms with Gasteiger partial charge in [0.05, 0.1) is 0 Å². The third kappa shape index (κ3) is 3.74. The molecular formula is C23H33IN6. The van der Waals surface area contributed by atoms with E-state index in [9.17, 15) is 0 Å². The van der Waals surface area contributed by atoms with Crippen molar-refractivity contribution in [1.29, 1.82) is 0 Å². The Labute approximate surface area is 196 Å². The second-order valence-electron chi connectivity index (χ2n) is 8.96. The van der Waals surface area contributed by atoms with E-state index in [2.05, 4.69) is 63.1 Å². The van der Waals surface area contributed by atoms with Crippen molar-refractivity contribution in [3.8, 4) is 0 Å². The normalized spacial score (nSPS) is 22.0. The summed E-state index contributed by atoms with van der Waals surface area (Å²) in [7, 11) is 0. The molecule has 1 saturated carbocycles. The van der Waals surface area contributed by atoms with E-state index in [0.29, 0.717) is 11.3 Å². The van der Waals surface area contributed by atoms with Crippen molar-refractivity contribution in [1.82, 2.24) is 20.1 Å². The zero-order chi connectivity index (χ0) is 19.8. The highest BCUT2D eigenvalue weighted by Crippen LogP contribution is 2.50. The monoisotopic (exact) mass is 520 g/mol. The van der Waals surface area contributed by atoms with Gasteiger partial charge in [-0.15, -0.1) is 34.2 Å². The molecule has 1 spiro atoms. The van der Waals surface area contributed by atoms with Crippen LogP contribution in [0.15, 0.2) is 29.3 Å². The van der Waals surface area contributed by atoms with E-state index in [-0.39, 0.29) is 24.0 Å². The molecule has 1 aromatic heterocycles. The van der Waals surface area contributed by atoms with Crippen LogP contribution in [0.1, 0.15) is 56.2 Å². The van der Waals surface area contributed by atoms with Crippen molar-refractivity contribution >= 4 is 35.6 Å². The first kappa shape index (κ1) is 21.6. The van der Waals surface area contributed by atoms with Crippen molar-refractivity contribution in [3.05, 3.63) is 41.5 Å². The minimum atomic E-state index is 0. The van der Waals surface area contributed by atoms with E-state index in [4.69, 9.17) is 4.99 Å². The van der Waals surface area contributed by atoms with Crippen LogP contribution < -0.4 is 10.2 Å². The number of halogens is 1. The smallest absolute Gasteiger partial charge is 0.198 e. The summed E-state index contributed by atoms with van der Waals surface area (Å²) in [5, 5.41) is 12.1. The molecule has 2 aromatic rings. The molecule has 30 heavy (non-hydrogen) atoms. The van der Waals surface area contributed by atoms with Gasteiger partial charge in [0.1, 0.15) is 11.6 Å². The zero-order valence-electron chi connectivity index (χ0n) is 18.1. The molecule has 0 bridgehead atoms. The number of fused-ring (bicyclic) bond motifs is 3. The van der Waals surface area contributed by atoms with Crippen molar-refractivity contribution in [2.24, 2.45) is 10.9 Å². The third-order valence-corrected chi connectivity index (χ3v) is 7.11. The summed E-state index contributed by atoms with van der Waals surface area (Å²) in [6.07, 6.45) is 7.45. The standard InChI is InChI=1S/C23H32N6.HI/c1-3-24-22(25-14-18-10-11-21-27-26-17(2)28(21)15-18)29-16-23(12-6-7-13-23)19-8-4-5-9-20(19)29;/h4-5,8-9,18H,3,6-7,10-16H2,1-2H3,(H,24,25);1H. The number of guanidine groups is 1. The lowest BCUT2D eigenvalue weighted by Crippen LogP contribution is -2.43. The van der Waals surface area contributed by atoms with Crippen LogP contribution in [-0.4, -0.2) is 40.4 Å². The largest absolute Gasteiger partial charge is 0.356 e. The van der Waals surface area contributed by atoms with Crippen LogP contribution >= 0.6 is 24.0 Å². The summed E-state index contributed by atoms with van der Waals surface area (Å²) < 4.78 is 2.27. The van der Waals surface area contributed by atoms with Crippen molar-refractivity contribution in [2.75, 3.05) is 24.5 Å². The Morgan fingerprint density at radius 2 is 2.03 bits per heavy atom. The lowest BCUT2D eigenvalue weighted by Gasteiger charge is -2.28. The molecule has 1 unspecified atom stereocenters. The molecule has 1 fully saturated rings. The molecule has 1 aromatic carbocycles. The Morgan fingerprint density at radius 3 is 2.83 bits per heavy atom. The average molecular weight is 520 g/mol. The fourth-order valence-electron chi connectivity index (χ4n) is 5.59. The number of benzene rings is 1. The van der Waals surface area contributed by atoms with Crippen LogP contribution in [0, 0.1) is 12.8 Å². The maximum atomic E-state index is 5.14. The first-order valence-electron chi connectivity index (χ1n) is 11.2. The summed E-state index contributed by atoms with van der Waals surface area (Å²) >= 11 is 0. The first-order chi connectivity index (χ1) is 14.2. The predicted molar refractivity (Wildman–Crippen MR) is 132 cm³/mol. The van der Waals surface area contributed by atoms with Gasteiger partial charge in [0, 0.05) is 43.7 Å². The molecule has 1 aliphatic carbocycles. The number of nitrogens with zero attached hydrogens (tertiary/aromatic N) is 5. The van der Waals surface area contributed by atoms with Crippen LogP contribution in [-0.2, 0) is 18.4 Å². The van der Waals surface area contributed by atoms with E-state index in [1.165, 1.54) is 36.9 Å². The second-order valence-corrected chi connectivity index (χ2v) is 8.96. The summed E-state index contributed by atoms with van der Waals surface area (Å²) in [5.74, 6) is 3.75. The predicted octanol–water partition coefficient (Wildman–Crippen LogP) is 4.06. The van der Waals surface area contributed by atoms with Crippen molar-refractivity contribution in [2.45, 2.75) is 64.3 Å². The van der Waals surface area contributed by atoms with Crippen LogP contribution in [0.25, 0.3) is 0 Å². The number of rotatable bonds is 3. The molecule has 162 valence electrons. The van der Waals surface area contributed by atoms with Gasteiger partial charge in [-0.3, -0.25) is 4.99 Å². The Morgan fingerprint density at radius 1 is 1.23 bits per heavy atom. The maximum absolute atomic E-state index is 5.14. The van der Waals surface area contributed by atoms with Crippen molar-refractivity contribution in [3.63, 3.8) is 0 Å². The fourth-order valence-corrected chi connectivity index (χ4v) is 5.59. The molecular weight excluding hydrogens is 487 g/mol. The zero-order valence-corrected chi connectivity index (χ0v) is 20.4. The topological polar surface area (TPSA) is 58.3 Å². The minimum absolute atomic E-state index is 0. The van der Waals surface area contributed by atoms with Gasteiger partial charge in [-0.05, 0) is 50.7 Å². The van der Waals surface area contributed by atoms with Crippen LogP contribution in [0.5, 0.6) is 0 Å². The highest BCUT2D eigenvalue weighted by Gasteiger charge is 2.45. The molecule has 0 radical (unpaired) electrons. The van der Waals surface area contributed by atoms with Gasteiger partial charge in [0.25, 0.3) is 0 Å². The van der Waals surface area contributed by atoms with Crippen molar-refractivity contribution < 1.29 is 0 Å². The van der Waals surface area contributed by atoms with Gasteiger partial charge >= 0.3 is 0 Å². The number of hydrogen-bond donors (Lipinski definition) is 1. The maximum Gasteiger partial charge on any atom is 0.198 e. The highest BCUT2D eigenvalue weighted by molar-refractivity contribution is 14.0. The van der Waals surface area contributed by atoms with Gasteiger partial charge in [-0.1, -0.05) is 31.0 Å². The number of aliphatic imine (C=N–C) groups is 1. The van der Waals surface area contributed by atoms with Gasteiger partial charge < -0.3 is 14.8 Å². The number of para-hydroxylation sites is 1. The fraction of sp³-hybridized carbons (Fsp3) is 0.609. The second kappa shape index (κ2) is 8.85. The Balaban J connectivity index is 0.00000218. The quantitative estimate of drug-likeness (QED) is 0.377. The van der Waals surface area contributed by atoms with E-state index in [1.54, 1.807) is 0 Å². The molecule has 0 amide bonds. The number of hydrogen-bond acceptors (Lipinski definition) is 3.